The first kappa shape index (κ1) is 27.3. The number of hydrogen-bond acceptors (Lipinski definition) is 3. The van der Waals surface area contributed by atoms with Crippen LogP contribution in [-0.4, -0.2) is 41.9 Å². The van der Waals surface area contributed by atoms with Crippen molar-refractivity contribution in [3.8, 4) is 5.69 Å². The van der Waals surface area contributed by atoms with Crippen molar-refractivity contribution in [2.24, 2.45) is 0 Å². The van der Waals surface area contributed by atoms with E-state index < -0.39 is 29.1 Å². The standard InChI is InChI=1S/C25H22Cl2F3N3O3/c1-14-19(23(35)32(2)3)13-20(22(34)31-10-9-15-7-8-17(26)12-21(15)27)24(36)33(14)18-6-4-5-16(11-18)25(28,29)30/h4-8,11-13H,9-10H2,1-3H3,(H,31,34). The minimum atomic E-state index is -4.65. The Labute approximate surface area is 215 Å². The molecule has 0 saturated carbocycles. The van der Waals surface area contributed by atoms with Gasteiger partial charge in [-0.15, -0.1) is 0 Å². The fourth-order valence-corrected chi connectivity index (χ4v) is 4.09. The molecule has 190 valence electrons. The quantitative estimate of drug-likeness (QED) is 0.471. The van der Waals surface area contributed by atoms with Crippen molar-refractivity contribution >= 4 is 35.0 Å². The lowest BCUT2D eigenvalue weighted by Crippen LogP contribution is -2.36. The highest BCUT2D eigenvalue weighted by Gasteiger charge is 2.31. The van der Waals surface area contributed by atoms with Crippen LogP contribution in [0.1, 0.15) is 37.5 Å². The minimum Gasteiger partial charge on any atom is -0.352 e. The van der Waals surface area contributed by atoms with E-state index in [-0.39, 0.29) is 29.1 Å². The molecule has 1 heterocycles. The van der Waals surface area contributed by atoms with Gasteiger partial charge in [0.15, 0.2) is 0 Å². The molecule has 2 amide bonds. The average Bonchev–Trinajstić information content (AvgIpc) is 2.79. The maximum absolute atomic E-state index is 13.3. The number of alkyl halides is 3. The van der Waals surface area contributed by atoms with Gasteiger partial charge >= 0.3 is 6.18 Å². The summed E-state index contributed by atoms with van der Waals surface area (Å²) >= 11 is 12.0. The lowest BCUT2D eigenvalue weighted by Gasteiger charge is -2.19. The van der Waals surface area contributed by atoms with Gasteiger partial charge < -0.3 is 10.2 Å². The van der Waals surface area contributed by atoms with Crippen LogP contribution < -0.4 is 10.9 Å². The number of amides is 2. The molecule has 36 heavy (non-hydrogen) atoms. The van der Waals surface area contributed by atoms with Gasteiger partial charge in [-0.1, -0.05) is 35.3 Å². The van der Waals surface area contributed by atoms with Crippen LogP contribution in [0.15, 0.2) is 53.3 Å². The number of aromatic nitrogens is 1. The first-order valence-electron chi connectivity index (χ1n) is 10.7. The third-order valence-corrected chi connectivity index (χ3v) is 6.04. The summed E-state index contributed by atoms with van der Waals surface area (Å²) in [5, 5.41) is 3.48. The number of halogens is 5. The number of rotatable bonds is 6. The Kier molecular flexibility index (Phi) is 8.15. The Morgan fingerprint density at radius 3 is 2.33 bits per heavy atom. The van der Waals surface area contributed by atoms with Gasteiger partial charge in [0.1, 0.15) is 5.56 Å². The van der Waals surface area contributed by atoms with E-state index in [1.807, 2.05) is 0 Å². The molecule has 0 radical (unpaired) electrons. The van der Waals surface area contributed by atoms with Crippen molar-refractivity contribution < 1.29 is 22.8 Å². The Morgan fingerprint density at radius 1 is 1.03 bits per heavy atom. The van der Waals surface area contributed by atoms with E-state index >= 15 is 0 Å². The molecular formula is C25H22Cl2F3N3O3. The number of carbonyl (C=O) groups excluding carboxylic acids is 2. The van der Waals surface area contributed by atoms with Crippen LogP contribution in [-0.2, 0) is 12.6 Å². The largest absolute Gasteiger partial charge is 0.416 e. The Morgan fingerprint density at radius 2 is 1.72 bits per heavy atom. The number of pyridine rings is 1. The molecule has 11 heteroatoms. The molecular weight excluding hydrogens is 518 g/mol. The van der Waals surface area contributed by atoms with Crippen molar-refractivity contribution in [1.29, 1.82) is 0 Å². The molecule has 3 rings (SSSR count). The average molecular weight is 540 g/mol. The van der Waals surface area contributed by atoms with Crippen LogP contribution in [0, 0.1) is 6.92 Å². The van der Waals surface area contributed by atoms with E-state index in [4.69, 9.17) is 23.2 Å². The summed E-state index contributed by atoms with van der Waals surface area (Å²) < 4.78 is 40.9. The smallest absolute Gasteiger partial charge is 0.352 e. The summed E-state index contributed by atoms with van der Waals surface area (Å²) in [4.78, 5) is 40.3. The molecule has 0 unspecified atom stereocenters. The number of carbonyl (C=O) groups is 2. The maximum atomic E-state index is 13.3. The van der Waals surface area contributed by atoms with Gasteiger partial charge in [0.2, 0.25) is 0 Å². The molecule has 0 saturated heterocycles. The van der Waals surface area contributed by atoms with Crippen LogP contribution in [0.25, 0.3) is 5.69 Å². The summed E-state index contributed by atoms with van der Waals surface area (Å²) in [6, 6.07) is 10.2. The highest BCUT2D eigenvalue weighted by molar-refractivity contribution is 6.35. The Bertz CT molecular complexity index is 1390. The Balaban J connectivity index is 2.04. The maximum Gasteiger partial charge on any atom is 0.416 e. The SMILES string of the molecule is Cc1c(C(=O)N(C)C)cc(C(=O)NCCc2ccc(Cl)cc2Cl)c(=O)n1-c1cccc(C(F)(F)F)c1. The topological polar surface area (TPSA) is 71.4 Å². The predicted molar refractivity (Wildman–Crippen MR) is 132 cm³/mol. The Hall–Kier alpha value is -3.30. The van der Waals surface area contributed by atoms with Crippen LogP contribution in [0.5, 0.6) is 0 Å². The van der Waals surface area contributed by atoms with Gasteiger partial charge in [-0.05, 0) is 55.3 Å². The highest BCUT2D eigenvalue weighted by atomic mass is 35.5. The summed E-state index contributed by atoms with van der Waals surface area (Å²) in [5.41, 5.74) is -1.51. The lowest BCUT2D eigenvalue weighted by molar-refractivity contribution is -0.137. The number of nitrogens with one attached hydrogen (secondary N) is 1. The van der Waals surface area contributed by atoms with E-state index in [1.54, 1.807) is 18.2 Å². The third kappa shape index (κ3) is 5.91. The summed E-state index contributed by atoms with van der Waals surface area (Å²) in [6.07, 6.45) is -4.31. The van der Waals surface area contributed by atoms with E-state index in [0.717, 1.165) is 34.4 Å². The van der Waals surface area contributed by atoms with Crippen molar-refractivity contribution in [3.63, 3.8) is 0 Å². The van der Waals surface area contributed by atoms with Crippen molar-refractivity contribution in [2.45, 2.75) is 19.5 Å². The summed E-state index contributed by atoms with van der Waals surface area (Å²) in [5.74, 6) is -1.30. The molecule has 1 aromatic heterocycles. The fourth-order valence-electron chi connectivity index (χ4n) is 3.59. The molecule has 0 atom stereocenters. The molecule has 0 bridgehead atoms. The van der Waals surface area contributed by atoms with Crippen LogP contribution in [0.3, 0.4) is 0 Å². The van der Waals surface area contributed by atoms with E-state index in [0.29, 0.717) is 16.5 Å². The zero-order valence-electron chi connectivity index (χ0n) is 19.5. The summed E-state index contributed by atoms with van der Waals surface area (Å²) in [7, 11) is 2.97. The molecule has 3 aromatic rings. The monoisotopic (exact) mass is 539 g/mol. The number of nitrogens with zero attached hydrogens (tertiary/aromatic N) is 2. The molecule has 0 aliphatic rings. The molecule has 0 aliphatic carbocycles. The van der Waals surface area contributed by atoms with Crippen molar-refractivity contribution in [3.05, 3.63) is 96.9 Å². The lowest BCUT2D eigenvalue weighted by atomic mass is 10.1. The van der Waals surface area contributed by atoms with Gasteiger partial charge in [0.05, 0.1) is 11.1 Å². The zero-order valence-corrected chi connectivity index (χ0v) is 21.1. The molecule has 6 nitrogen and oxygen atoms in total. The van der Waals surface area contributed by atoms with Gasteiger partial charge in [0.25, 0.3) is 17.4 Å². The van der Waals surface area contributed by atoms with Gasteiger partial charge in [-0.25, -0.2) is 0 Å². The third-order valence-electron chi connectivity index (χ3n) is 5.46. The number of benzene rings is 2. The van der Waals surface area contributed by atoms with Gasteiger partial charge in [-0.2, -0.15) is 13.2 Å². The highest BCUT2D eigenvalue weighted by Crippen LogP contribution is 2.30. The minimum absolute atomic E-state index is 0.00269. The second-order valence-corrected chi connectivity index (χ2v) is 9.03. The molecule has 0 fully saturated rings. The first-order valence-corrected chi connectivity index (χ1v) is 11.4. The predicted octanol–water partition coefficient (Wildman–Crippen LogP) is 5.15. The van der Waals surface area contributed by atoms with Gasteiger partial charge in [-0.3, -0.25) is 19.0 Å². The second kappa shape index (κ2) is 10.8. The molecule has 2 aromatic carbocycles. The van der Waals surface area contributed by atoms with E-state index in [2.05, 4.69) is 5.32 Å². The molecule has 0 aliphatic heterocycles. The summed E-state index contributed by atoms with van der Waals surface area (Å²) in [6.45, 7) is 1.54. The molecule has 0 spiro atoms. The van der Waals surface area contributed by atoms with Crippen molar-refractivity contribution in [1.82, 2.24) is 14.8 Å². The van der Waals surface area contributed by atoms with Gasteiger partial charge in [0, 0.05) is 42.1 Å². The number of hydrogen-bond donors (Lipinski definition) is 1. The normalized spacial score (nSPS) is 11.3. The van der Waals surface area contributed by atoms with Crippen molar-refractivity contribution in [2.75, 3.05) is 20.6 Å². The van der Waals surface area contributed by atoms with E-state index in [9.17, 15) is 27.6 Å². The molecule has 1 N–H and O–H groups in total. The van der Waals surface area contributed by atoms with Crippen LogP contribution in [0.4, 0.5) is 13.2 Å². The zero-order chi connectivity index (χ0) is 26.8. The fraction of sp³-hybridized carbons (Fsp3) is 0.240. The first-order chi connectivity index (χ1) is 16.8. The van der Waals surface area contributed by atoms with Crippen LogP contribution >= 0.6 is 23.2 Å². The van der Waals surface area contributed by atoms with Crippen LogP contribution in [0.2, 0.25) is 10.0 Å². The second-order valence-electron chi connectivity index (χ2n) is 8.19. The van der Waals surface area contributed by atoms with E-state index in [1.165, 1.54) is 32.0 Å².